The number of nitrogens with two attached hydrogens (primary N) is 1. The van der Waals surface area contributed by atoms with Gasteiger partial charge in [0.15, 0.2) is 11.8 Å². The first kappa shape index (κ1) is 13.4. The van der Waals surface area contributed by atoms with Crippen molar-refractivity contribution in [2.45, 2.75) is 70.5 Å². The molecule has 0 amide bonds. The second-order valence-electron chi connectivity index (χ2n) is 5.82. The first-order chi connectivity index (χ1) is 9.83. The summed E-state index contributed by atoms with van der Waals surface area (Å²) in [6.07, 6.45) is 9.80. The molecule has 1 fully saturated rings. The molecule has 6 nitrogen and oxygen atoms in total. The van der Waals surface area contributed by atoms with E-state index in [0.29, 0.717) is 18.5 Å². The molecule has 0 aromatic carbocycles. The molecule has 2 heterocycles. The van der Waals surface area contributed by atoms with Gasteiger partial charge in [0.1, 0.15) is 12.4 Å². The zero-order chi connectivity index (χ0) is 13.8. The van der Waals surface area contributed by atoms with Gasteiger partial charge in [0.25, 0.3) is 0 Å². The zero-order valence-corrected chi connectivity index (χ0v) is 12.0. The van der Waals surface area contributed by atoms with Crippen LogP contribution in [0, 0.1) is 0 Å². The molecule has 20 heavy (non-hydrogen) atoms. The van der Waals surface area contributed by atoms with Crippen LogP contribution < -0.4 is 11.1 Å². The van der Waals surface area contributed by atoms with Crippen molar-refractivity contribution < 1.29 is 0 Å². The largest absolute Gasteiger partial charge is 0.370 e. The number of hydrogen-bond acceptors (Lipinski definition) is 3. The van der Waals surface area contributed by atoms with E-state index in [2.05, 4.69) is 25.1 Å². The van der Waals surface area contributed by atoms with Crippen molar-refractivity contribution in [3.8, 4) is 0 Å². The highest BCUT2D eigenvalue weighted by molar-refractivity contribution is 5.78. The van der Waals surface area contributed by atoms with Gasteiger partial charge in [0.2, 0.25) is 0 Å². The highest BCUT2D eigenvalue weighted by atomic mass is 15.3. The van der Waals surface area contributed by atoms with Crippen molar-refractivity contribution in [1.82, 2.24) is 20.1 Å². The summed E-state index contributed by atoms with van der Waals surface area (Å²) in [5, 5.41) is 11.8. The molecule has 1 aromatic rings. The topological polar surface area (TPSA) is 81.1 Å². The number of nitrogens with one attached hydrogen (secondary N) is 1. The zero-order valence-electron chi connectivity index (χ0n) is 12.0. The first-order valence-electron chi connectivity index (χ1n) is 7.80. The molecule has 1 aliphatic heterocycles. The summed E-state index contributed by atoms with van der Waals surface area (Å²) in [6.45, 7) is 1.54. The molecule has 1 aromatic heterocycles. The highest BCUT2D eigenvalue weighted by Crippen LogP contribution is 2.17. The minimum absolute atomic E-state index is 0.500. The Labute approximate surface area is 119 Å². The van der Waals surface area contributed by atoms with Crippen LogP contribution in [0.3, 0.4) is 0 Å². The molecular formula is C14H24N6. The van der Waals surface area contributed by atoms with Crippen LogP contribution in [0.15, 0.2) is 4.99 Å². The van der Waals surface area contributed by atoms with Gasteiger partial charge in [-0.25, -0.2) is 4.99 Å². The molecule has 1 saturated carbocycles. The predicted octanol–water partition coefficient (Wildman–Crippen LogP) is 1.35. The standard InChI is InChI=1S/C14H24N6/c15-14(17-11-6-2-1-3-7-11)16-10-13-19-18-12-8-4-5-9-20(12)13/h11H,1-10H2,(H3,15,16,17). The second kappa shape index (κ2) is 6.24. The van der Waals surface area contributed by atoms with Crippen LogP contribution in [0.1, 0.15) is 56.6 Å². The van der Waals surface area contributed by atoms with Crippen molar-refractivity contribution in [2.24, 2.45) is 10.7 Å². The average Bonchev–Trinajstić information content (AvgIpc) is 2.89. The Balaban J connectivity index is 1.57. The Bertz CT molecular complexity index is 472. The Morgan fingerprint density at radius 1 is 1.20 bits per heavy atom. The van der Waals surface area contributed by atoms with Crippen LogP contribution in [0.5, 0.6) is 0 Å². The Morgan fingerprint density at radius 2 is 2.05 bits per heavy atom. The van der Waals surface area contributed by atoms with E-state index in [9.17, 15) is 0 Å². The molecule has 2 aliphatic rings. The number of rotatable bonds is 3. The number of aromatic nitrogens is 3. The van der Waals surface area contributed by atoms with Crippen LogP contribution in [0.2, 0.25) is 0 Å². The van der Waals surface area contributed by atoms with Gasteiger partial charge >= 0.3 is 0 Å². The summed E-state index contributed by atoms with van der Waals surface area (Å²) >= 11 is 0. The predicted molar refractivity (Wildman–Crippen MR) is 78.3 cm³/mol. The summed E-state index contributed by atoms with van der Waals surface area (Å²) in [7, 11) is 0. The Hall–Kier alpha value is -1.59. The maximum Gasteiger partial charge on any atom is 0.189 e. The van der Waals surface area contributed by atoms with E-state index in [1.54, 1.807) is 0 Å². The van der Waals surface area contributed by atoms with E-state index in [1.807, 2.05) is 0 Å². The van der Waals surface area contributed by atoms with E-state index in [4.69, 9.17) is 5.73 Å². The maximum absolute atomic E-state index is 5.98. The van der Waals surface area contributed by atoms with Crippen LogP contribution >= 0.6 is 0 Å². The Morgan fingerprint density at radius 3 is 2.90 bits per heavy atom. The average molecular weight is 276 g/mol. The highest BCUT2D eigenvalue weighted by Gasteiger charge is 2.16. The molecule has 0 spiro atoms. The third-order valence-electron chi connectivity index (χ3n) is 4.28. The van der Waals surface area contributed by atoms with Gasteiger partial charge in [-0.15, -0.1) is 10.2 Å². The molecule has 3 rings (SSSR count). The molecule has 0 atom stereocenters. The minimum atomic E-state index is 0.500. The van der Waals surface area contributed by atoms with Crippen LogP contribution in [-0.2, 0) is 19.5 Å². The molecule has 0 saturated heterocycles. The third-order valence-corrected chi connectivity index (χ3v) is 4.28. The van der Waals surface area contributed by atoms with E-state index < -0.39 is 0 Å². The van der Waals surface area contributed by atoms with E-state index in [0.717, 1.165) is 24.6 Å². The molecule has 1 aliphatic carbocycles. The normalized spacial score (nSPS) is 20.7. The summed E-state index contributed by atoms with van der Waals surface area (Å²) in [5.41, 5.74) is 5.98. The third kappa shape index (κ3) is 3.11. The fraction of sp³-hybridized carbons (Fsp3) is 0.786. The molecule has 110 valence electrons. The van der Waals surface area contributed by atoms with Crippen molar-refractivity contribution in [1.29, 1.82) is 0 Å². The first-order valence-corrected chi connectivity index (χ1v) is 7.80. The molecule has 0 radical (unpaired) electrons. The van der Waals surface area contributed by atoms with Crippen molar-refractivity contribution in [3.63, 3.8) is 0 Å². The van der Waals surface area contributed by atoms with Gasteiger partial charge in [0, 0.05) is 19.0 Å². The quantitative estimate of drug-likeness (QED) is 0.645. The minimum Gasteiger partial charge on any atom is -0.370 e. The fourth-order valence-corrected chi connectivity index (χ4v) is 3.14. The van der Waals surface area contributed by atoms with E-state index >= 15 is 0 Å². The van der Waals surface area contributed by atoms with Gasteiger partial charge in [-0.2, -0.15) is 0 Å². The fourth-order valence-electron chi connectivity index (χ4n) is 3.14. The SMILES string of the molecule is NC(=NCc1nnc2n1CCCC2)NC1CCCCC1. The number of nitrogens with zero attached hydrogens (tertiary/aromatic N) is 4. The summed E-state index contributed by atoms with van der Waals surface area (Å²) < 4.78 is 2.20. The van der Waals surface area contributed by atoms with Gasteiger partial charge in [0.05, 0.1) is 0 Å². The number of aryl methyl sites for hydroxylation is 1. The lowest BCUT2D eigenvalue weighted by molar-refractivity contribution is 0.412. The van der Waals surface area contributed by atoms with Gasteiger partial charge in [-0.3, -0.25) is 0 Å². The number of aliphatic imine (C=N–C) groups is 1. The van der Waals surface area contributed by atoms with Crippen molar-refractivity contribution in [2.75, 3.05) is 0 Å². The Kier molecular flexibility index (Phi) is 4.18. The number of guanidine groups is 1. The van der Waals surface area contributed by atoms with Crippen LogP contribution in [0.25, 0.3) is 0 Å². The van der Waals surface area contributed by atoms with Crippen LogP contribution in [0.4, 0.5) is 0 Å². The summed E-state index contributed by atoms with van der Waals surface area (Å²) in [4.78, 5) is 4.43. The smallest absolute Gasteiger partial charge is 0.189 e. The van der Waals surface area contributed by atoms with Crippen molar-refractivity contribution >= 4 is 5.96 Å². The monoisotopic (exact) mass is 276 g/mol. The van der Waals surface area contributed by atoms with E-state index in [1.165, 1.54) is 44.9 Å². The summed E-state index contributed by atoms with van der Waals surface area (Å²) in [6, 6.07) is 0.500. The molecule has 0 unspecified atom stereocenters. The van der Waals surface area contributed by atoms with E-state index in [-0.39, 0.29) is 0 Å². The lowest BCUT2D eigenvalue weighted by Gasteiger charge is -2.23. The lowest BCUT2D eigenvalue weighted by Crippen LogP contribution is -2.41. The molecule has 0 bridgehead atoms. The van der Waals surface area contributed by atoms with Crippen molar-refractivity contribution in [3.05, 3.63) is 11.6 Å². The molecule has 3 N–H and O–H groups in total. The number of hydrogen-bond donors (Lipinski definition) is 2. The number of fused-ring (bicyclic) bond motifs is 1. The van der Waals surface area contributed by atoms with Gasteiger partial charge < -0.3 is 15.6 Å². The van der Waals surface area contributed by atoms with Gasteiger partial charge in [-0.1, -0.05) is 19.3 Å². The maximum atomic E-state index is 5.98. The van der Waals surface area contributed by atoms with Crippen LogP contribution in [-0.4, -0.2) is 26.8 Å². The molecular weight excluding hydrogens is 252 g/mol. The van der Waals surface area contributed by atoms with Gasteiger partial charge in [-0.05, 0) is 25.7 Å². The second-order valence-corrected chi connectivity index (χ2v) is 5.82. The summed E-state index contributed by atoms with van der Waals surface area (Å²) in [5.74, 6) is 2.58. The molecule has 6 heteroatoms. The lowest BCUT2D eigenvalue weighted by atomic mass is 9.96.